The molecule has 11 nitrogen and oxygen atoms in total. The van der Waals surface area contributed by atoms with Crippen LogP contribution in [0.4, 0.5) is 14.7 Å². The van der Waals surface area contributed by atoms with Crippen LogP contribution in [0.3, 0.4) is 0 Å². The lowest BCUT2D eigenvalue weighted by molar-refractivity contribution is 0.0886. The Hall–Kier alpha value is -3.42. The van der Waals surface area contributed by atoms with Gasteiger partial charge in [0.25, 0.3) is 5.91 Å². The van der Waals surface area contributed by atoms with E-state index in [1.807, 2.05) is 0 Å². The lowest BCUT2D eigenvalue weighted by Gasteiger charge is -2.30. The van der Waals surface area contributed by atoms with Crippen LogP contribution in [0.5, 0.6) is 5.75 Å². The highest BCUT2D eigenvalue weighted by atomic mass is 35.5. The maximum atomic E-state index is 12.7. The highest BCUT2D eigenvalue weighted by molar-refractivity contribution is 7.90. The average Bonchev–Trinajstić information content (AvgIpc) is 3.21. The van der Waals surface area contributed by atoms with Crippen molar-refractivity contribution in [3.8, 4) is 5.75 Å². The number of urea groups is 1. The molecule has 1 aliphatic heterocycles. The number of thiazole rings is 1. The van der Waals surface area contributed by atoms with E-state index in [-0.39, 0.29) is 26.7 Å². The molecule has 1 fully saturated rings. The summed E-state index contributed by atoms with van der Waals surface area (Å²) in [5, 5.41) is 14.0. The number of carbonyl (C=O) groups excluding carboxylic acids is 2. The molecule has 0 atom stereocenters. The normalized spacial score (nSPS) is 14.4. The SMILES string of the molecule is CS(=O)(=O)c1ccc2nc(NC(=O)NC(=O)c3cc(OC4CCN(C(=O)O)CC4)ccc3Cl)sc2c1. The van der Waals surface area contributed by atoms with Crippen LogP contribution in [0.1, 0.15) is 23.2 Å². The maximum Gasteiger partial charge on any atom is 0.407 e. The van der Waals surface area contributed by atoms with E-state index in [1.165, 1.54) is 35.2 Å². The zero-order chi connectivity index (χ0) is 26.0. The molecule has 190 valence electrons. The number of hydrogen-bond acceptors (Lipinski definition) is 8. The molecule has 3 N–H and O–H groups in total. The van der Waals surface area contributed by atoms with Gasteiger partial charge < -0.3 is 14.7 Å². The molecule has 0 radical (unpaired) electrons. The molecule has 0 saturated carbocycles. The van der Waals surface area contributed by atoms with Gasteiger partial charge in [0.2, 0.25) is 0 Å². The molecule has 2 heterocycles. The molecule has 1 aliphatic rings. The number of ether oxygens (including phenoxy) is 1. The molecule has 0 unspecified atom stereocenters. The predicted molar refractivity (Wildman–Crippen MR) is 134 cm³/mol. The van der Waals surface area contributed by atoms with Gasteiger partial charge in [-0.25, -0.2) is 23.0 Å². The third kappa shape index (κ3) is 6.04. The number of piperidine rings is 1. The van der Waals surface area contributed by atoms with E-state index >= 15 is 0 Å². The Bertz CT molecular complexity index is 1450. The first-order chi connectivity index (χ1) is 17.0. The van der Waals surface area contributed by atoms with Crippen molar-refractivity contribution in [2.24, 2.45) is 0 Å². The summed E-state index contributed by atoms with van der Waals surface area (Å²) in [5.74, 6) is -0.393. The summed E-state index contributed by atoms with van der Waals surface area (Å²) in [5.41, 5.74) is 0.519. The molecule has 3 aromatic rings. The fourth-order valence-corrected chi connectivity index (χ4v) is 5.42. The minimum atomic E-state index is -3.39. The van der Waals surface area contributed by atoms with E-state index in [0.29, 0.717) is 41.9 Å². The molecule has 0 bridgehead atoms. The van der Waals surface area contributed by atoms with Gasteiger partial charge in [0.15, 0.2) is 15.0 Å². The molecule has 2 aromatic carbocycles. The molecule has 0 aliphatic carbocycles. The summed E-state index contributed by atoms with van der Waals surface area (Å²) in [7, 11) is -3.39. The second-order valence-electron chi connectivity index (χ2n) is 8.06. The number of anilines is 1. The zero-order valence-corrected chi connectivity index (χ0v) is 21.2. The van der Waals surface area contributed by atoms with Gasteiger partial charge in [-0.15, -0.1) is 0 Å². The summed E-state index contributed by atoms with van der Waals surface area (Å²) in [4.78, 5) is 41.8. The number of halogens is 1. The Balaban J connectivity index is 1.39. The summed E-state index contributed by atoms with van der Waals surface area (Å²) in [6.45, 7) is 0.699. The van der Waals surface area contributed by atoms with E-state index in [2.05, 4.69) is 15.6 Å². The smallest absolute Gasteiger partial charge is 0.407 e. The monoisotopic (exact) mass is 552 g/mol. The van der Waals surface area contributed by atoms with Crippen molar-refractivity contribution in [2.45, 2.75) is 23.8 Å². The Kier molecular flexibility index (Phi) is 7.33. The quantitative estimate of drug-likeness (QED) is 0.431. The van der Waals surface area contributed by atoms with Crippen molar-refractivity contribution < 1.29 is 32.6 Å². The first-order valence-corrected chi connectivity index (χ1v) is 13.8. The Morgan fingerprint density at radius 2 is 1.89 bits per heavy atom. The highest BCUT2D eigenvalue weighted by Gasteiger charge is 2.24. The number of nitrogens with zero attached hydrogens (tertiary/aromatic N) is 2. The number of fused-ring (bicyclic) bond motifs is 1. The van der Waals surface area contributed by atoms with Gasteiger partial charge in [0, 0.05) is 32.2 Å². The molecule has 1 aromatic heterocycles. The van der Waals surface area contributed by atoms with E-state index < -0.39 is 27.9 Å². The molecule has 0 spiro atoms. The Labute approximate surface area is 214 Å². The lowest BCUT2D eigenvalue weighted by atomic mass is 10.1. The van der Waals surface area contributed by atoms with Crippen LogP contribution in [0.15, 0.2) is 41.3 Å². The number of amides is 4. The molecule has 36 heavy (non-hydrogen) atoms. The number of carbonyl (C=O) groups is 3. The van der Waals surface area contributed by atoms with Crippen molar-refractivity contribution in [1.82, 2.24) is 15.2 Å². The first kappa shape index (κ1) is 25.7. The second kappa shape index (κ2) is 10.3. The van der Waals surface area contributed by atoms with E-state index in [0.717, 1.165) is 17.6 Å². The van der Waals surface area contributed by atoms with Crippen molar-refractivity contribution in [3.05, 3.63) is 47.0 Å². The number of carboxylic acid groups (broad SMARTS) is 1. The average molecular weight is 553 g/mol. The van der Waals surface area contributed by atoms with Crippen molar-refractivity contribution >= 4 is 66.2 Å². The summed E-state index contributed by atoms with van der Waals surface area (Å²) < 4.78 is 29.9. The fraction of sp³-hybridized carbons (Fsp3) is 0.273. The van der Waals surface area contributed by atoms with Crippen LogP contribution >= 0.6 is 22.9 Å². The van der Waals surface area contributed by atoms with Gasteiger partial charge in [-0.05, 0) is 36.4 Å². The van der Waals surface area contributed by atoms with Gasteiger partial charge in [-0.1, -0.05) is 22.9 Å². The van der Waals surface area contributed by atoms with Gasteiger partial charge in [0.05, 0.1) is 25.7 Å². The highest BCUT2D eigenvalue weighted by Crippen LogP contribution is 2.28. The van der Waals surface area contributed by atoms with Gasteiger partial charge in [0.1, 0.15) is 11.9 Å². The number of aromatic nitrogens is 1. The second-order valence-corrected chi connectivity index (χ2v) is 11.5. The molecule has 4 amide bonds. The topological polar surface area (TPSA) is 155 Å². The van der Waals surface area contributed by atoms with Gasteiger partial charge in [-0.2, -0.15) is 0 Å². The van der Waals surface area contributed by atoms with Crippen LogP contribution < -0.4 is 15.4 Å². The number of imide groups is 1. The van der Waals surface area contributed by atoms with Crippen LogP contribution in [0.2, 0.25) is 5.02 Å². The van der Waals surface area contributed by atoms with Crippen molar-refractivity contribution in [1.29, 1.82) is 0 Å². The molecular weight excluding hydrogens is 532 g/mol. The number of benzene rings is 2. The summed E-state index contributed by atoms with van der Waals surface area (Å²) in [6, 6.07) is 8.07. The maximum absolute atomic E-state index is 12.7. The van der Waals surface area contributed by atoms with E-state index in [1.54, 1.807) is 6.07 Å². The first-order valence-electron chi connectivity index (χ1n) is 10.7. The van der Waals surface area contributed by atoms with Gasteiger partial charge in [-0.3, -0.25) is 15.4 Å². The number of rotatable bonds is 5. The summed E-state index contributed by atoms with van der Waals surface area (Å²) >= 11 is 7.22. The fourth-order valence-electron chi connectivity index (χ4n) is 3.60. The third-order valence-electron chi connectivity index (χ3n) is 5.43. The number of sulfone groups is 1. The number of hydrogen-bond donors (Lipinski definition) is 3. The third-order valence-corrected chi connectivity index (χ3v) is 7.81. The molecule has 4 rings (SSSR count). The molecular formula is C22H21ClN4O7S2. The summed E-state index contributed by atoms with van der Waals surface area (Å²) in [6.07, 6.45) is 0.921. The van der Waals surface area contributed by atoms with Crippen LogP contribution in [0, 0.1) is 0 Å². The lowest BCUT2D eigenvalue weighted by Crippen LogP contribution is -2.41. The largest absolute Gasteiger partial charge is 0.490 e. The Morgan fingerprint density at radius 3 is 2.56 bits per heavy atom. The predicted octanol–water partition coefficient (Wildman–Crippen LogP) is 3.84. The van der Waals surface area contributed by atoms with E-state index in [4.69, 9.17) is 21.4 Å². The van der Waals surface area contributed by atoms with E-state index in [9.17, 15) is 22.8 Å². The van der Waals surface area contributed by atoms with Crippen LogP contribution in [0.25, 0.3) is 10.2 Å². The van der Waals surface area contributed by atoms with Gasteiger partial charge >= 0.3 is 12.1 Å². The molecule has 1 saturated heterocycles. The Morgan fingerprint density at radius 1 is 1.17 bits per heavy atom. The van der Waals surface area contributed by atoms with Crippen molar-refractivity contribution in [2.75, 3.05) is 24.7 Å². The minimum absolute atomic E-state index is 0.0226. The van der Waals surface area contributed by atoms with Crippen molar-refractivity contribution in [3.63, 3.8) is 0 Å². The minimum Gasteiger partial charge on any atom is -0.490 e. The number of nitrogens with one attached hydrogen (secondary N) is 2. The standard InChI is InChI=1S/C22H21ClN4O7S2/c1-36(32,33)14-3-5-17-18(11-14)35-21(24-17)26-20(29)25-19(28)15-10-13(2-4-16(15)23)34-12-6-8-27(9-7-12)22(30)31/h2-5,10-12H,6-9H2,1H3,(H,30,31)(H2,24,25,26,28,29). The zero-order valence-electron chi connectivity index (χ0n) is 18.9. The number of likely N-dealkylation sites (tertiary alicyclic amines) is 1. The molecule has 14 heteroatoms. The van der Waals surface area contributed by atoms with Crippen LogP contribution in [-0.4, -0.2) is 66.9 Å². The van der Waals surface area contributed by atoms with Crippen LogP contribution in [-0.2, 0) is 9.84 Å².